The molecule has 0 aromatic heterocycles. The molecule has 0 fully saturated rings. The van der Waals surface area contributed by atoms with Gasteiger partial charge in [-0.05, 0) is 49.4 Å². The summed E-state index contributed by atoms with van der Waals surface area (Å²) in [6.45, 7) is 14.3. The van der Waals surface area contributed by atoms with E-state index in [1.807, 2.05) is 0 Å². The van der Waals surface area contributed by atoms with Crippen LogP contribution in [0.3, 0.4) is 0 Å². The van der Waals surface area contributed by atoms with Crippen molar-refractivity contribution in [2.45, 2.75) is 459 Å². The van der Waals surface area contributed by atoms with Gasteiger partial charge in [0, 0.05) is 25.7 Å². The fraction of sp³-hybridized carbons (Fsp3) is 0.953. The van der Waals surface area contributed by atoms with Gasteiger partial charge in [-0.25, -0.2) is 9.13 Å². The van der Waals surface area contributed by atoms with Crippen molar-refractivity contribution in [1.29, 1.82) is 0 Å². The molecule has 0 aliphatic heterocycles. The molecular formula is C85H166O17P2. The van der Waals surface area contributed by atoms with Gasteiger partial charge in [-0.1, -0.05) is 389 Å². The van der Waals surface area contributed by atoms with Gasteiger partial charge < -0.3 is 33.8 Å². The number of carbonyl (C=O) groups excluding carboxylic acids is 4. The Hall–Kier alpha value is -1.94. The Morgan fingerprint density at radius 2 is 0.462 bits per heavy atom. The van der Waals surface area contributed by atoms with Crippen molar-refractivity contribution in [2.24, 2.45) is 23.7 Å². The molecule has 104 heavy (non-hydrogen) atoms. The number of phosphoric acid groups is 2. The van der Waals surface area contributed by atoms with E-state index in [0.29, 0.717) is 25.7 Å². The number of unbranched alkanes of at least 4 members (excludes halogenated alkanes) is 45. The maximum atomic E-state index is 13.1. The predicted octanol–water partition coefficient (Wildman–Crippen LogP) is 25.6. The van der Waals surface area contributed by atoms with Gasteiger partial charge in [-0.2, -0.15) is 0 Å². The molecule has 0 radical (unpaired) electrons. The van der Waals surface area contributed by atoms with Crippen LogP contribution in [0.15, 0.2) is 0 Å². The molecule has 8 atom stereocenters. The molecule has 0 heterocycles. The van der Waals surface area contributed by atoms with Crippen LogP contribution >= 0.6 is 15.6 Å². The van der Waals surface area contributed by atoms with Crippen LogP contribution in [0.2, 0.25) is 0 Å². The van der Waals surface area contributed by atoms with Crippen LogP contribution in [-0.4, -0.2) is 96.7 Å². The van der Waals surface area contributed by atoms with Gasteiger partial charge in [-0.3, -0.25) is 37.3 Å². The van der Waals surface area contributed by atoms with E-state index in [4.69, 9.17) is 37.0 Å². The molecule has 0 spiro atoms. The lowest BCUT2D eigenvalue weighted by Gasteiger charge is -2.21. The van der Waals surface area contributed by atoms with E-state index >= 15 is 0 Å². The largest absolute Gasteiger partial charge is 0.472 e. The van der Waals surface area contributed by atoms with E-state index in [9.17, 15) is 43.2 Å². The van der Waals surface area contributed by atoms with E-state index < -0.39 is 97.5 Å². The van der Waals surface area contributed by atoms with E-state index in [0.717, 1.165) is 120 Å². The highest BCUT2D eigenvalue weighted by Gasteiger charge is 2.31. The van der Waals surface area contributed by atoms with Crippen LogP contribution in [0, 0.1) is 23.7 Å². The van der Waals surface area contributed by atoms with Crippen molar-refractivity contribution in [3.8, 4) is 0 Å². The van der Waals surface area contributed by atoms with Crippen LogP contribution in [0.5, 0.6) is 0 Å². The molecule has 5 unspecified atom stereocenters. The topological polar surface area (TPSA) is 237 Å². The average Bonchev–Trinajstić information content (AvgIpc) is 0.906. The van der Waals surface area contributed by atoms with Gasteiger partial charge in [-0.15, -0.1) is 0 Å². The monoisotopic (exact) mass is 1520 g/mol. The van der Waals surface area contributed by atoms with E-state index in [-0.39, 0.29) is 25.7 Å². The maximum Gasteiger partial charge on any atom is 0.472 e. The summed E-state index contributed by atoms with van der Waals surface area (Å²) in [5.74, 6) is 1.10. The molecule has 0 amide bonds. The summed E-state index contributed by atoms with van der Waals surface area (Å²) < 4.78 is 68.8. The van der Waals surface area contributed by atoms with Crippen LogP contribution in [0.25, 0.3) is 0 Å². The van der Waals surface area contributed by atoms with Crippen molar-refractivity contribution in [1.82, 2.24) is 0 Å². The molecule has 0 bridgehead atoms. The number of aliphatic hydroxyl groups is 1. The Balaban J connectivity index is 5.20. The summed E-state index contributed by atoms with van der Waals surface area (Å²) in [4.78, 5) is 73.2. The first-order valence-corrected chi connectivity index (χ1v) is 46.8. The van der Waals surface area contributed by atoms with Gasteiger partial charge in [0.1, 0.15) is 19.3 Å². The molecule has 0 aliphatic carbocycles. The smallest absolute Gasteiger partial charge is 0.462 e. The van der Waals surface area contributed by atoms with Crippen LogP contribution in [0.1, 0.15) is 441 Å². The minimum Gasteiger partial charge on any atom is -0.462 e. The summed E-state index contributed by atoms with van der Waals surface area (Å²) in [6, 6.07) is 0. The molecule has 0 aromatic carbocycles. The molecule has 19 heteroatoms. The summed E-state index contributed by atoms with van der Waals surface area (Å²) in [5, 5.41) is 10.7. The highest BCUT2D eigenvalue weighted by atomic mass is 31.2. The first kappa shape index (κ1) is 102. The van der Waals surface area contributed by atoms with Gasteiger partial charge in [0.15, 0.2) is 12.2 Å². The number of hydrogen-bond donors (Lipinski definition) is 3. The number of ether oxygens (including phenoxy) is 4. The highest BCUT2D eigenvalue weighted by Crippen LogP contribution is 2.45. The average molecular weight is 1520 g/mol. The fourth-order valence-electron chi connectivity index (χ4n) is 13.0. The van der Waals surface area contributed by atoms with Crippen molar-refractivity contribution in [3.63, 3.8) is 0 Å². The third kappa shape index (κ3) is 74.2. The number of aliphatic hydroxyl groups excluding tert-OH is 1. The zero-order valence-electron chi connectivity index (χ0n) is 68.7. The summed E-state index contributed by atoms with van der Waals surface area (Å²) >= 11 is 0. The minimum absolute atomic E-state index is 0.106. The minimum atomic E-state index is -4.97. The Labute approximate surface area is 638 Å². The van der Waals surface area contributed by atoms with Crippen LogP contribution in [0.4, 0.5) is 0 Å². The van der Waals surface area contributed by atoms with Crippen LogP contribution in [-0.2, 0) is 65.4 Å². The second-order valence-corrected chi connectivity index (χ2v) is 34.7. The predicted molar refractivity (Wildman–Crippen MR) is 428 cm³/mol. The van der Waals surface area contributed by atoms with Crippen molar-refractivity contribution < 1.29 is 80.2 Å². The van der Waals surface area contributed by atoms with Gasteiger partial charge in [0.2, 0.25) is 0 Å². The number of rotatable bonds is 82. The third-order valence-electron chi connectivity index (χ3n) is 20.9. The van der Waals surface area contributed by atoms with Crippen molar-refractivity contribution in [2.75, 3.05) is 39.6 Å². The quantitative estimate of drug-likeness (QED) is 0.0222. The molecule has 0 aromatic rings. The van der Waals surface area contributed by atoms with Gasteiger partial charge in [0.05, 0.1) is 26.4 Å². The van der Waals surface area contributed by atoms with Crippen molar-refractivity contribution >= 4 is 39.5 Å². The summed E-state index contributed by atoms with van der Waals surface area (Å²) in [5.41, 5.74) is 0. The van der Waals surface area contributed by atoms with E-state index in [1.165, 1.54) is 238 Å². The molecule has 0 rings (SSSR count). The van der Waals surface area contributed by atoms with E-state index in [1.54, 1.807) is 0 Å². The second kappa shape index (κ2) is 73.8. The fourth-order valence-corrected chi connectivity index (χ4v) is 14.6. The zero-order valence-corrected chi connectivity index (χ0v) is 70.5. The number of esters is 4. The molecule has 0 aliphatic rings. The Bertz CT molecular complexity index is 2030. The molecule has 17 nitrogen and oxygen atoms in total. The lowest BCUT2D eigenvalue weighted by molar-refractivity contribution is -0.161. The summed E-state index contributed by atoms with van der Waals surface area (Å²) in [6.07, 6.45) is 62.4. The number of phosphoric ester groups is 2. The Kier molecular flexibility index (Phi) is 72.5. The Morgan fingerprint density at radius 3 is 0.683 bits per heavy atom. The summed E-state index contributed by atoms with van der Waals surface area (Å²) in [7, 11) is -9.93. The number of hydrogen-bond acceptors (Lipinski definition) is 15. The molecular weight excluding hydrogens is 1350 g/mol. The van der Waals surface area contributed by atoms with Crippen LogP contribution < -0.4 is 0 Å². The van der Waals surface area contributed by atoms with Gasteiger partial charge >= 0.3 is 39.5 Å². The number of carbonyl (C=O) groups is 4. The van der Waals surface area contributed by atoms with E-state index in [2.05, 4.69) is 55.4 Å². The molecule has 618 valence electrons. The first-order chi connectivity index (χ1) is 50.2. The molecule has 0 saturated heterocycles. The lowest BCUT2D eigenvalue weighted by atomic mass is 9.99. The standard InChI is InChI=1S/C85H166O17P2/c1-9-76(6)62-54-46-38-32-26-22-18-14-12-13-15-19-23-27-34-40-49-57-65-82(87)95-71-80(101-85(90)68-60-52-42-36-30-29-33-39-47-55-63-77(7)10-2)73-99-103(91,92)97-69-79(86)70-98-104(93,94)100-74-81(72-96-83(88)66-58-50-44-43-48-56-64-78(8)11-3)102-84(89)67-59-51-41-35-28-24-20-16-17-21-25-31-37-45-53-61-75(4)5/h75-81,86H,9-74H2,1-8H3,(H,91,92)(H,93,94)/t76?,77?,78?,79-,80-,81-/m1/s1. The maximum absolute atomic E-state index is 13.1. The first-order valence-electron chi connectivity index (χ1n) is 43.8. The molecule has 3 N–H and O–H groups in total. The third-order valence-corrected chi connectivity index (χ3v) is 22.8. The highest BCUT2D eigenvalue weighted by molar-refractivity contribution is 7.47. The van der Waals surface area contributed by atoms with Gasteiger partial charge in [0.25, 0.3) is 0 Å². The Morgan fingerprint density at radius 1 is 0.269 bits per heavy atom. The SMILES string of the molecule is CCC(C)CCCCCCCCCCCCCCCCCCCCC(=O)OC[C@H](COP(=O)(O)OC[C@@H](O)COP(=O)(O)OC[C@@H](COC(=O)CCCCCCCCC(C)CC)OC(=O)CCCCCCCCCCCCCCCCCC(C)C)OC(=O)CCCCCCCCCCCCC(C)CC. The second-order valence-electron chi connectivity index (χ2n) is 31.8. The van der Waals surface area contributed by atoms with Crippen molar-refractivity contribution in [3.05, 3.63) is 0 Å². The zero-order chi connectivity index (χ0) is 76.7. The lowest BCUT2D eigenvalue weighted by Crippen LogP contribution is -2.30. The normalized spacial score (nSPS) is 14.7. The molecule has 0 saturated carbocycles.